The van der Waals surface area contributed by atoms with Crippen LogP contribution in [0.1, 0.15) is 5.69 Å². The first-order valence-corrected chi connectivity index (χ1v) is 3.89. The van der Waals surface area contributed by atoms with Gasteiger partial charge >= 0.3 is 0 Å². The molecular weight excluding hydrogens is 152 g/mol. The SMILES string of the molecule is Cc1ncccc1OCN(C)C. The molecule has 0 saturated heterocycles. The van der Waals surface area contributed by atoms with Crippen molar-refractivity contribution in [3.05, 3.63) is 24.0 Å². The van der Waals surface area contributed by atoms with E-state index in [1.165, 1.54) is 0 Å². The molecule has 3 nitrogen and oxygen atoms in total. The van der Waals surface area contributed by atoms with E-state index in [0.717, 1.165) is 11.4 Å². The summed E-state index contributed by atoms with van der Waals surface area (Å²) in [6.07, 6.45) is 1.76. The first kappa shape index (κ1) is 9.00. The van der Waals surface area contributed by atoms with Gasteiger partial charge in [0.05, 0.1) is 5.69 Å². The molecule has 0 atom stereocenters. The quantitative estimate of drug-likeness (QED) is 0.633. The predicted molar refractivity (Wildman–Crippen MR) is 48.2 cm³/mol. The number of pyridine rings is 1. The largest absolute Gasteiger partial charge is 0.476 e. The van der Waals surface area contributed by atoms with Crippen molar-refractivity contribution in [2.75, 3.05) is 20.8 Å². The third-order valence-corrected chi connectivity index (χ3v) is 1.44. The number of nitrogens with zero attached hydrogens (tertiary/aromatic N) is 2. The van der Waals surface area contributed by atoms with Crippen LogP contribution in [0.15, 0.2) is 18.3 Å². The second-order valence-electron chi connectivity index (χ2n) is 2.94. The summed E-state index contributed by atoms with van der Waals surface area (Å²) in [6, 6.07) is 3.80. The van der Waals surface area contributed by atoms with Crippen LogP contribution in [0.3, 0.4) is 0 Å². The van der Waals surface area contributed by atoms with E-state index >= 15 is 0 Å². The van der Waals surface area contributed by atoms with E-state index in [1.807, 2.05) is 38.1 Å². The Labute approximate surface area is 73.0 Å². The first-order chi connectivity index (χ1) is 5.70. The van der Waals surface area contributed by atoms with Gasteiger partial charge in [-0.1, -0.05) is 0 Å². The molecule has 0 bridgehead atoms. The van der Waals surface area contributed by atoms with Gasteiger partial charge in [-0.3, -0.25) is 9.88 Å². The number of hydrogen-bond donors (Lipinski definition) is 0. The predicted octanol–water partition coefficient (Wildman–Crippen LogP) is 1.29. The van der Waals surface area contributed by atoms with Crippen LogP contribution in [0.25, 0.3) is 0 Å². The van der Waals surface area contributed by atoms with Gasteiger partial charge in [0.15, 0.2) is 0 Å². The summed E-state index contributed by atoms with van der Waals surface area (Å²) in [5.41, 5.74) is 0.930. The average Bonchev–Trinajstić information content (AvgIpc) is 2.03. The Morgan fingerprint density at radius 1 is 1.50 bits per heavy atom. The third kappa shape index (κ3) is 2.51. The molecule has 1 heterocycles. The molecule has 0 N–H and O–H groups in total. The van der Waals surface area contributed by atoms with Gasteiger partial charge in [0.2, 0.25) is 0 Å². The van der Waals surface area contributed by atoms with Crippen LogP contribution < -0.4 is 4.74 Å². The van der Waals surface area contributed by atoms with Crippen molar-refractivity contribution in [3.63, 3.8) is 0 Å². The van der Waals surface area contributed by atoms with E-state index in [2.05, 4.69) is 4.98 Å². The van der Waals surface area contributed by atoms with E-state index in [9.17, 15) is 0 Å². The number of aromatic nitrogens is 1. The van der Waals surface area contributed by atoms with Crippen LogP contribution in [0.4, 0.5) is 0 Å². The molecule has 3 heteroatoms. The van der Waals surface area contributed by atoms with E-state index in [-0.39, 0.29) is 0 Å². The molecular formula is C9H14N2O. The Kier molecular flexibility index (Phi) is 3.05. The summed E-state index contributed by atoms with van der Waals surface area (Å²) >= 11 is 0. The lowest BCUT2D eigenvalue weighted by Gasteiger charge is -2.12. The van der Waals surface area contributed by atoms with Crippen LogP contribution in [0.5, 0.6) is 5.75 Å². The maximum absolute atomic E-state index is 5.46. The third-order valence-electron chi connectivity index (χ3n) is 1.44. The van der Waals surface area contributed by atoms with Gasteiger partial charge in [-0.2, -0.15) is 0 Å². The van der Waals surface area contributed by atoms with Crippen molar-refractivity contribution in [3.8, 4) is 5.75 Å². The second-order valence-corrected chi connectivity index (χ2v) is 2.94. The molecule has 0 saturated carbocycles. The molecule has 0 radical (unpaired) electrons. The van der Waals surface area contributed by atoms with Gasteiger partial charge in [0.1, 0.15) is 12.5 Å². The number of rotatable bonds is 3. The molecule has 0 aromatic carbocycles. The molecule has 0 aliphatic rings. The Bertz CT molecular complexity index is 248. The molecule has 1 aromatic heterocycles. The fourth-order valence-electron chi connectivity index (χ4n) is 0.821. The molecule has 0 aliphatic carbocycles. The lowest BCUT2D eigenvalue weighted by atomic mass is 10.3. The number of hydrogen-bond acceptors (Lipinski definition) is 3. The normalized spacial score (nSPS) is 10.3. The molecule has 0 amide bonds. The summed E-state index contributed by atoms with van der Waals surface area (Å²) in [7, 11) is 3.93. The standard InChI is InChI=1S/C9H14N2O/c1-8-9(5-4-6-10-8)12-7-11(2)3/h4-6H,7H2,1-3H3. The van der Waals surface area contributed by atoms with E-state index in [4.69, 9.17) is 4.74 Å². The van der Waals surface area contributed by atoms with Gasteiger partial charge in [-0.15, -0.1) is 0 Å². The fourth-order valence-corrected chi connectivity index (χ4v) is 0.821. The molecule has 1 rings (SSSR count). The van der Waals surface area contributed by atoms with Crippen LogP contribution in [-0.4, -0.2) is 30.7 Å². The molecule has 0 unspecified atom stereocenters. The van der Waals surface area contributed by atoms with E-state index < -0.39 is 0 Å². The topological polar surface area (TPSA) is 25.4 Å². The molecule has 1 aromatic rings. The zero-order valence-electron chi connectivity index (χ0n) is 7.74. The van der Waals surface area contributed by atoms with Gasteiger partial charge in [0, 0.05) is 6.20 Å². The Balaban J connectivity index is 2.57. The minimum absolute atomic E-state index is 0.590. The van der Waals surface area contributed by atoms with Crippen molar-refractivity contribution in [2.45, 2.75) is 6.92 Å². The smallest absolute Gasteiger partial charge is 0.142 e. The highest BCUT2D eigenvalue weighted by Crippen LogP contribution is 2.12. The first-order valence-electron chi connectivity index (χ1n) is 3.89. The Morgan fingerprint density at radius 2 is 2.25 bits per heavy atom. The summed E-state index contributed by atoms with van der Waals surface area (Å²) in [5, 5.41) is 0. The van der Waals surface area contributed by atoms with Crippen molar-refractivity contribution < 1.29 is 4.74 Å². The van der Waals surface area contributed by atoms with Crippen molar-refractivity contribution in [1.82, 2.24) is 9.88 Å². The van der Waals surface area contributed by atoms with Crippen LogP contribution >= 0.6 is 0 Å². The molecule has 66 valence electrons. The minimum Gasteiger partial charge on any atom is -0.476 e. The van der Waals surface area contributed by atoms with Gasteiger partial charge in [-0.25, -0.2) is 0 Å². The Morgan fingerprint density at radius 3 is 2.83 bits per heavy atom. The van der Waals surface area contributed by atoms with Crippen LogP contribution in [-0.2, 0) is 0 Å². The summed E-state index contributed by atoms with van der Waals surface area (Å²) < 4.78 is 5.46. The number of ether oxygens (including phenoxy) is 1. The highest BCUT2D eigenvalue weighted by molar-refractivity contribution is 5.25. The van der Waals surface area contributed by atoms with Crippen molar-refractivity contribution >= 4 is 0 Å². The molecule has 0 fully saturated rings. The molecule has 0 spiro atoms. The lowest BCUT2D eigenvalue weighted by Crippen LogP contribution is -2.18. The van der Waals surface area contributed by atoms with Crippen molar-refractivity contribution in [2.24, 2.45) is 0 Å². The maximum atomic E-state index is 5.46. The van der Waals surface area contributed by atoms with Crippen LogP contribution in [0.2, 0.25) is 0 Å². The summed E-state index contributed by atoms with van der Waals surface area (Å²) in [6.45, 7) is 2.53. The zero-order valence-corrected chi connectivity index (χ0v) is 7.74. The highest BCUT2D eigenvalue weighted by Gasteiger charge is 1.98. The van der Waals surface area contributed by atoms with E-state index in [1.54, 1.807) is 6.20 Å². The maximum Gasteiger partial charge on any atom is 0.142 e. The fraction of sp³-hybridized carbons (Fsp3) is 0.444. The average molecular weight is 166 g/mol. The van der Waals surface area contributed by atoms with Gasteiger partial charge in [0.25, 0.3) is 0 Å². The van der Waals surface area contributed by atoms with Crippen LogP contribution in [0, 0.1) is 6.92 Å². The molecule has 0 aliphatic heterocycles. The van der Waals surface area contributed by atoms with E-state index in [0.29, 0.717) is 6.73 Å². The monoisotopic (exact) mass is 166 g/mol. The van der Waals surface area contributed by atoms with Gasteiger partial charge < -0.3 is 4.74 Å². The number of aryl methyl sites for hydroxylation is 1. The zero-order chi connectivity index (χ0) is 8.97. The minimum atomic E-state index is 0.590. The molecule has 12 heavy (non-hydrogen) atoms. The summed E-state index contributed by atoms with van der Waals surface area (Å²) in [5.74, 6) is 0.853. The lowest BCUT2D eigenvalue weighted by molar-refractivity contribution is 0.178. The summed E-state index contributed by atoms with van der Waals surface area (Å²) in [4.78, 5) is 6.08. The van der Waals surface area contributed by atoms with Crippen molar-refractivity contribution in [1.29, 1.82) is 0 Å². The Hall–Kier alpha value is -1.09. The van der Waals surface area contributed by atoms with Gasteiger partial charge in [-0.05, 0) is 33.2 Å². The second kappa shape index (κ2) is 4.07. The highest BCUT2D eigenvalue weighted by atomic mass is 16.5.